The van der Waals surface area contributed by atoms with Crippen molar-refractivity contribution in [2.24, 2.45) is 11.7 Å². The topological polar surface area (TPSA) is 64.3 Å². The van der Waals surface area contributed by atoms with Gasteiger partial charge in [0.2, 0.25) is 5.91 Å². The lowest BCUT2D eigenvalue weighted by atomic mass is 9.89. The van der Waals surface area contributed by atoms with E-state index in [0.717, 1.165) is 31.6 Å². The minimum atomic E-state index is -0.704. The van der Waals surface area contributed by atoms with E-state index in [9.17, 15) is 4.79 Å². The van der Waals surface area contributed by atoms with Crippen LogP contribution in [0.1, 0.15) is 52.4 Å². The van der Waals surface area contributed by atoms with Crippen molar-refractivity contribution in [2.45, 2.75) is 70.1 Å². The Balaban J connectivity index is 1.79. The fraction of sp³-hybridized carbons (Fsp3) is 0.929. The van der Waals surface area contributed by atoms with Gasteiger partial charge in [-0.15, -0.1) is 0 Å². The zero-order chi connectivity index (χ0) is 13.2. The summed E-state index contributed by atoms with van der Waals surface area (Å²) < 4.78 is 5.92. The van der Waals surface area contributed by atoms with Crippen molar-refractivity contribution < 1.29 is 9.53 Å². The molecule has 2 fully saturated rings. The third kappa shape index (κ3) is 3.69. The van der Waals surface area contributed by atoms with Crippen molar-refractivity contribution in [3.8, 4) is 0 Å². The van der Waals surface area contributed by atoms with Crippen LogP contribution in [-0.4, -0.2) is 30.2 Å². The van der Waals surface area contributed by atoms with Gasteiger partial charge in [0.05, 0.1) is 12.7 Å². The largest absolute Gasteiger partial charge is 0.376 e. The molecule has 2 aliphatic carbocycles. The lowest BCUT2D eigenvalue weighted by Crippen LogP contribution is -2.57. The van der Waals surface area contributed by atoms with Crippen molar-refractivity contribution in [3.63, 3.8) is 0 Å². The Kier molecular flexibility index (Phi) is 4.28. The highest BCUT2D eigenvalue weighted by molar-refractivity contribution is 5.84. The summed E-state index contributed by atoms with van der Waals surface area (Å²) in [7, 11) is 0. The van der Waals surface area contributed by atoms with Gasteiger partial charge >= 0.3 is 0 Å². The number of hydrogen-bond acceptors (Lipinski definition) is 3. The smallest absolute Gasteiger partial charge is 0.239 e. The maximum Gasteiger partial charge on any atom is 0.239 e. The van der Waals surface area contributed by atoms with Crippen molar-refractivity contribution in [1.82, 2.24) is 5.32 Å². The molecule has 0 bridgehead atoms. The summed E-state index contributed by atoms with van der Waals surface area (Å²) in [6.45, 7) is 4.55. The number of carbonyl (C=O) groups excluding carboxylic acids is 1. The fourth-order valence-electron chi connectivity index (χ4n) is 2.54. The van der Waals surface area contributed by atoms with Crippen LogP contribution in [0, 0.1) is 5.92 Å². The van der Waals surface area contributed by atoms with Gasteiger partial charge in [0.1, 0.15) is 5.54 Å². The molecule has 0 aromatic carbocycles. The van der Waals surface area contributed by atoms with Gasteiger partial charge in [-0.05, 0) is 51.4 Å². The number of carbonyl (C=O) groups is 1. The number of ether oxygens (including phenoxy) is 1. The summed E-state index contributed by atoms with van der Waals surface area (Å²) in [6.07, 6.45) is 7.27. The van der Waals surface area contributed by atoms with Gasteiger partial charge in [0.25, 0.3) is 0 Å². The first-order valence-corrected chi connectivity index (χ1v) is 7.19. The summed E-state index contributed by atoms with van der Waals surface area (Å²) >= 11 is 0. The van der Waals surface area contributed by atoms with E-state index in [1.54, 1.807) is 0 Å². The molecule has 0 heterocycles. The summed E-state index contributed by atoms with van der Waals surface area (Å²) in [6, 6.07) is 0.456. The molecule has 18 heavy (non-hydrogen) atoms. The van der Waals surface area contributed by atoms with E-state index in [1.165, 1.54) is 12.8 Å². The zero-order valence-corrected chi connectivity index (χ0v) is 11.6. The predicted molar refractivity (Wildman–Crippen MR) is 71.1 cm³/mol. The van der Waals surface area contributed by atoms with Crippen LogP contribution in [0.4, 0.5) is 0 Å². The molecule has 1 amide bonds. The molecule has 2 aliphatic rings. The molecule has 0 spiro atoms. The number of nitrogens with two attached hydrogens (primary N) is 1. The maximum atomic E-state index is 11.6. The van der Waals surface area contributed by atoms with Gasteiger partial charge in [-0.25, -0.2) is 0 Å². The zero-order valence-electron chi connectivity index (χ0n) is 11.6. The summed E-state index contributed by atoms with van der Waals surface area (Å²) in [5, 5.41) is 3.32. The highest BCUT2D eigenvalue weighted by Gasteiger charge is 2.38. The minimum absolute atomic E-state index is 0.306. The summed E-state index contributed by atoms with van der Waals surface area (Å²) in [5.41, 5.74) is 4.80. The number of amides is 1. The standard InChI is InChI=1S/C14H26N2O2/c1-10-3-7-12(8-4-10)18-9-14(2,13(15)17)16-11-5-6-11/h10-12,16H,3-9H2,1-2H3,(H2,15,17). The van der Waals surface area contributed by atoms with Crippen LogP contribution in [0.15, 0.2) is 0 Å². The molecule has 1 unspecified atom stereocenters. The first-order valence-electron chi connectivity index (χ1n) is 7.19. The molecule has 2 saturated carbocycles. The van der Waals surface area contributed by atoms with Crippen molar-refractivity contribution in [1.29, 1.82) is 0 Å². The van der Waals surface area contributed by atoms with E-state index in [-0.39, 0.29) is 5.91 Å². The number of hydrogen-bond donors (Lipinski definition) is 2. The van der Waals surface area contributed by atoms with E-state index in [0.29, 0.717) is 18.8 Å². The monoisotopic (exact) mass is 254 g/mol. The average molecular weight is 254 g/mol. The number of nitrogens with one attached hydrogen (secondary N) is 1. The van der Waals surface area contributed by atoms with Gasteiger partial charge in [0, 0.05) is 6.04 Å². The molecule has 104 valence electrons. The molecule has 1 atom stereocenters. The second kappa shape index (κ2) is 5.57. The van der Waals surface area contributed by atoms with E-state index >= 15 is 0 Å². The first-order chi connectivity index (χ1) is 8.49. The quantitative estimate of drug-likeness (QED) is 0.756. The number of primary amides is 1. The van der Waals surface area contributed by atoms with Crippen molar-refractivity contribution in [2.75, 3.05) is 6.61 Å². The molecule has 0 aromatic heterocycles. The first kappa shape index (κ1) is 13.8. The highest BCUT2D eigenvalue weighted by Crippen LogP contribution is 2.27. The Hall–Kier alpha value is -0.610. The van der Waals surface area contributed by atoms with E-state index in [2.05, 4.69) is 12.2 Å². The van der Waals surface area contributed by atoms with Gasteiger partial charge in [-0.1, -0.05) is 6.92 Å². The second-order valence-electron chi connectivity index (χ2n) is 6.31. The SMILES string of the molecule is CC1CCC(OCC(C)(NC2CC2)C(N)=O)CC1. The van der Waals surface area contributed by atoms with E-state index < -0.39 is 5.54 Å². The van der Waals surface area contributed by atoms with Crippen molar-refractivity contribution >= 4 is 5.91 Å². The second-order valence-corrected chi connectivity index (χ2v) is 6.31. The van der Waals surface area contributed by atoms with Crippen LogP contribution in [0.2, 0.25) is 0 Å². The Morgan fingerprint density at radius 2 is 1.89 bits per heavy atom. The van der Waals surface area contributed by atoms with Gasteiger partial charge in [0.15, 0.2) is 0 Å². The Morgan fingerprint density at radius 1 is 1.28 bits per heavy atom. The third-order valence-corrected chi connectivity index (χ3v) is 4.21. The minimum Gasteiger partial charge on any atom is -0.376 e. The molecule has 4 nitrogen and oxygen atoms in total. The molecule has 3 N–H and O–H groups in total. The fourth-order valence-corrected chi connectivity index (χ4v) is 2.54. The Bertz CT molecular complexity index is 296. The van der Waals surface area contributed by atoms with Crippen LogP contribution >= 0.6 is 0 Å². The van der Waals surface area contributed by atoms with Crippen LogP contribution in [-0.2, 0) is 9.53 Å². The van der Waals surface area contributed by atoms with Crippen LogP contribution < -0.4 is 11.1 Å². The molecule has 2 rings (SSSR count). The summed E-state index contributed by atoms with van der Waals surface area (Å²) in [4.78, 5) is 11.6. The van der Waals surface area contributed by atoms with Crippen LogP contribution in [0.5, 0.6) is 0 Å². The van der Waals surface area contributed by atoms with E-state index in [1.807, 2.05) is 6.92 Å². The van der Waals surface area contributed by atoms with Crippen LogP contribution in [0.25, 0.3) is 0 Å². The van der Waals surface area contributed by atoms with Crippen molar-refractivity contribution in [3.05, 3.63) is 0 Å². The predicted octanol–water partition coefficient (Wildman–Crippen LogP) is 1.58. The normalized spacial score (nSPS) is 31.9. The summed E-state index contributed by atoms with van der Waals surface area (Å²) in [5.74, 6) is 0.510. The molecule has 0 aromatic rings. The maximum absolute atomic E-state index is 11.6. The Morgan fingerprint density at radius 3 is 2.39 bits per heavy atom. The molecule has 0 saturated heterocycles. The lowest BCUT2D eigenvalue weighted by Gasteiger charge is -2.32. The molecule has 0 aliphatic heterocycles. The lowest BCUT2D eigenvalue weighted by molar-refractivity contribution is -0.128. The number of rotatable bonds is 6. The van der Waals surface area contributed by atoms with Gasteiger partial charge in [-0.2, -0.15) is 0 Å². The van der Waals surface area contributed by atoms with E-state index in [4.69, 9.17) is 10.5 Å². The van der Waals surface area contributed by atoms with Crippen LogP contribution in [0.3, 0.4) is 0 Å². The average Bonchev–Trinajstić information content (AvgIpc) is 3.12. The molecular formula is C14H26N2O2. The van der Waals surface area contributed by atoms with Gasteiger partial charge in [-0.3, -0.25) is 10.1 Å². The molecule has 4 heteroatoms. The molecule has 0 radical (unpaired) electrons. The molecular weight excluding hydrogens is 228 g/mol. The third-order valence-electron chi connectivity index (χ3n) is 4.21. The Labute approximate surface area is 110 Å². The highest BCUT2D eigenvalue weighted by atomic mass is 16.5. The van der Waals surface area contributed by atoms with Gasteiger partial charge < -0.3 is 10.5 Å².